The number of rotatable bonds is 3. The SMILES string of the molecule is Oc1ccc2c3c1OC1c4ncc(-c5ccccc5)cc4C[C@@]4(O)[C@@H](C2)N(CC2CC2)CC[C@]314. The molecular weight excluding hydrogens is 424 g/mol. The molecule has 5 nitrogen and oxygen atoms in total. The Labute approximate surface area is 199 Å². The van der Waals surface area contributed by atoms with Crippen LogP contribution in [-0.2, 0) is 18.3 Å². The van der Waals surface area contributed by atoms with Crippen LogP contribution >= 0.6 is 0 Å². The number of nitrogens with zero attached hydrogens (tertiary/aromatic N) is 2. The molecule has 5 aliphatic rings. The highest BCUT2D eigenvalue weighted by Gasteiger charge is 2.72. The van der Waals surface area contributed by atoms with Crippen LogP contribution in [0.5, 0.6) is 11.5 Å². The fourth-order valence-corrected chi connectivity index (χ4v) is 7.63. The standard InChI is InChI=1S/C29H28N2O3/c32-22-9-8-19-13-23-29(33)14-20-12-21(18-4-2-1-3-5-18)15-30-25(20)27-28(29,24(19)26(22)34-27)10-11-31(23)16-17-6-7-17/h1-5,8-9,12,15,17,23,27,32-33H,6-7,10-11,13-14,16H2/t23-,27?,28+,29-/m1/s1. The minimum atomic E-state index is -0.957. The molecule has 2 fully saturated rings. The molecule has 4 atom stereocenters. The first kappa shape index (κ1) is 19.4. The zero-order valence-electron chi connectivity index (χ0n) is 19.1. The number of benzene rings is 2. The Bertz CT molecular complexity index is 1340. The third kappa shape index (κ3) is 2.30. The van der Waals surface area contributed by atoms with Crippen LogP contribution in [0.3, 0.4) is 0 Å². The van der Waals surface area contributed by atoms with Gasteiger partial charge in [-0.3, -0.25) is 9.88 Å². The zero-order chi connectivity index (χ0) is 22.7. The van der Waals surface area contributed by atoms with Gasteiger partial charge in [-0.15, -0.1) is 0 Å². The molecule has 1 saturated heterocycles. The summed E-state index contributed by atoms with van der Waals surface area (Å²) in [6, 6.07) is 16.4. The monoisotopic (exact) mass is 452 g/mol. The molecule has 3 heterocycles. The smallest absolute Gasteiger partial charge is 0.166 e. The fourth-order valence-electron chi connectivity index (χ4n) is 7.63. The number of aromatic hydroxyl groups is 1. The Morgan fingerprint density at radius 1 is 1.06 bits per heavy atom. The molecule has 8 rings (SSSR count). The van der Waals surface area contributed by atoms with E-state index in [-0.39, 0.29) is 17.9 Å². The van der Waals surface area contributed by atoms with Gasteiger partial charge in [-0.2, -0.15) is 0 Å². The molecule has 3 aliphatic carbocycles. The molecule has 34 heavy (non-hydrogen) atoms. The van der Waals surface area contributed by atoms with Crippen LogP contribution in [0.25, 0.3) is 11.1 Å². The molecule has 1 spiro atoms. The Balaban J connectivity index is 1.34. The van der Waals surface area contributed by atoms with E-state index in [9.17, 15) is 10.2 Å². The third-order valence-electron chi connectivity index (χ3n) is 9.33. The van der Waals surface area contributed by atoms with Crippen molar-refractivity contribution in [3.8, 4) is 22.6 Å². The van der Waals surface area contributed by atoms with E-state index in [4.69, 9.17) is 9.72 Å². The maximum Gasteiger partial charge on any atom is 0.166 e. The molecule has 1 saturated carbocycles. The first-order valence-electron chi connectivity index (χ1n) is 12.6. The van der Waals surface area contributed by atoms with Gasteiger partial charge < -0.3 is 14.9 Å². The predicted molar refractivity (Wildman–Crippen MR) is 128 cm³/mol. The minimum Gasteiger partial charge on any atom is -0.504 e. The molecule has 2 aliphatic heterocycles. The summed E-state index contributed by atoms with van der Waals surface area (Å²) < 4.78 is 6.58. The Kier molecular flexibility index (Phi) is 3.66. The molecule has 2 aromatic carbocycles. The van der Waals surface area contributed by atoms with Crippen LogP contribution in [0.1, 0.15) is 47.8 Å². The van der Waals surface area contributed by atoms with Crippen LogP contribution in [0.4, 0.5) is 0 Å². The number of pyridine rings is 1. The van der Waals surface area contributed by atoms with Crippen molar-refractivity contribution in [2.45, 2.75) is 55.3 Å². The molecule has 0 amide bonds. The van der Waals surface area contributed by atoms with Gasteiger partial charge in [-0.05, 0) is 67.0 Å². The van der Waals surface area contributed by atoms with Crippen molar-refractivity contribution in [1.29, 1.82) is 0 Å². The van der Waals surface area contributed by atoms with E-state index in [2.05, 4.69) is 29.2 Å². The lowest BCUT2D eigenvalue weighted by Gasteiger charge is -2.63. The Morgan fingerprint density at radius 3 is 2.74 bits per heavy atom. The van der Waals surface area contributed by atoms with E-state index in [1.165, 1.54) is 18.4 Å². The lowest BCUT2D eigenvalue weighted by Crippen LogP contribution is -2.74. The Hall–Kier alpha value is -2.89. The number of hydrogen-bond donors (Lipinski definition) is 2. The van der Waals surface area contributed by atoms with E-state index >= 15 is 0 Å². The van der Waals surface area contributed by atoms with Crippen molar-refractivity contribution >= 4 is 0 Å². The van der Waals surface area contributed by atoms with Gasteiger partial charge in [0.25, 0.3) is 0 Å². The molecule has 1 aromatic heterocycles. The topological polar surface area (TPSA) is 65.8 Å². The number of aromatic nitrogens is 1. The second-order valence-corrected chi connectivity index (χ2v) is 11.1. The van der Waals surface area contributed by atoms with Gasteiger partial charge in [0, 0.05) is 36.3 Å². The number of hydrogen-bond acceptors (Lipinski definition) is 5. The van der Waals surface area contributed by atoms with Crippen LogP contribution in [0, 0.1) is 5.92 Å². The molecule has 0 radical (unpaired) electrons. The molecular formula is C29H28N2O3. The normalized spacial score (nSPS) is 32.6. The summed E-state index contributed by atoms with van der Waals surface area (Å²) in [5, 5.41) is 23.6. The predicted octanol–water partition coefficient (Wildman–Crippen LogP) is 4.15. The fraction of sp³-hybridized carbons (Fsp3) is 0.414. The highest BCUT2D eigenvalue weighted by atomic mass is 16.5. The average Bonchev–Trinajstić information content (AvgIpc) is 3.59. The van der Waals surface area contributed by atoms with E-state index in [0.29, 0.717) is 12.2 Å². The number of ether oxygens (including phenoxy) is 1. The van der Waals surface area contributed by atoms with Gasteiger partial charge in [-0.25, -0.2) is 0 Å². The van der Waals surface area contributed by atoms with E-state index < -0.39 is 11.0 Å². The summed E-state index contributed by atoms with van der Waals surface area (Å²) in [4.78, 5) is 7.52. The van der Waals surface area contributed by atoms with E-state index in [0.717, 1.165) is 59.8 Å². The molecule has 172 valence electrons. The largest absolute Gasteiger partial charge is 0.504 e. The van der Waals surface area contributed by atoms with Gasteiger partial charge in [0.15, 0.2) is 17.6 Å². The zero-order valence-corrected chi connectivity index (χ0v) is 19.1. The maximum atomic E-state index is 12.8. The molecule has 5 heteroatoms. The summed E-state index contributed by atoms with van der Waals surface area (Å²) in [5.74, 6) is 1.51. The van der Waals surface area contributed by atoms with Crippen LogP contribution in [0.2, 0.25) is 0 Å². The van der Waals surface area contributed by atoms with Crippen molar-refractivity contribution in [2.75, 3.05) is 13.1 Å². The van der Waals surface area contributed by atoms with Crippen molar-refractivity contribution in [3.05, 3.63) is 77.1 Å². The van der Waals surface area contributed by atoms with Crippen LogP contribution in [-0.4, -0.2) is 44.8 Å². The molecule has 3 aromatic rings. The maximum absolute atomic E-state index is 12.8. The van der Waals surface area contributed by atoms with Gasteiger partial charge in [0.2, 0.25) is 0 Å². The van der Waals surface area contributed by atoms with E-state index in [1.807, 2.05) is 24.4 Å². The van der Waals surface area contributed by atoms with Gasteiger partial charge in [-0.1, -0.05) is 36.4 Å². The Morgan fingerprint density at radius 2 is 1.91 bits per heavy atom. The summed E-state index contributed by atoms with van der Waals surface area (Å²) in [6.07, 6.45) is 6.36. The minimum absolute atomic E-state index is 0.0458. The summed E-state index contributed by atoms with van der Waals surface area (Å²) in [6.45, 7) is 2.03. The van der Waals surface area contributed by atoms with Crippen molar-refractivity contribution in [1.82, 2.24) is 9.88 Å². The third-order valence-corrected chi connectivity index (χ3v) is 9.33. The number of likely N-dealkylation sites (tertiary alicyclic amines) is 1. The van der Waals surface area contributed by atoms with Gasteiger partial charge in [0.1, 0.15) is 0 Å². The summed E-state index contributed by atoms with van der Waals surface area (Å²) in [7, 11) is 0. The van der Waals surface area contributed by atoms with Crippen LogP contribution < -0.4 is 4.74 Å². The lowest BCUT2D eigenvalue weighted by molar-refractivity contribution is -0.173. The second-order valence-electron chi connectivity index (χ2n) is 11.1. The molecule has 1 unspecified atom stereocenters. The highest BCUT2D eigenvalue weighted by molar-refractivity contribution is 5.67. The lowest BCUT2D eigenvalue weighted by atomic mass is 9.49. The van der Waals surface area contributed by atoms with Gasteiger partial charge >= 0.3 is 0 Å². The average molecular weight is 453 g/mol. The van der Waals surface area contributed by atoms with Crippen molar-refractivity contribution < 1.29 is 14.9 Å². The number of aliphatic hydroxyl groups is 1. The quantitative estimate of drug-likeness (QED) is 0.625. The number of phenolic OH excluding ortho intramolecular Hbond substituents is 1. The second kappa shape index (κ2) is 6.41. The summed E-state index contributed by atoms with van der Waals surface area (Å²) in [5.41, 5.74) is 4.92. The number of fused-ring (bicyclic) bond motifs is 2. The number of piperidine rings is 1. The molecule has 2 N–H and O–H groups in total. The molecule has 2 bridgehead atoms. The van der Waals surface area contributed by atoms with Gasteiger partial charge in [0.05, 0.1) is 16.7 Å². The first-order chi connectivity index (χ1) is 16.6. The van der Waals surface area contributed by atoms with Crippen molar-refractivity contribution in [2.24, 2.45) is 5.92 Å². The van der Waals surface area contributed by atoms with Crippen LogP contribution in [0.15, 0.2) is 54.7 Å². The van der Waals surface area contributed by atoms with E-state index in [1.54, 1.807) is 6.07 Å². The van der Waals surface area contributed by atoms with Crippen molar-refractivity contribution in [3.63, 3.8) is 0 Å². The highest BCUT2D eigenvalue weighted by Crippen LogP contribution is 2.68. The summed E-state index contributed by atoms with van der Waals surface area (Å²) >= 11 is 0. The first-order valence-corrected chi connectivity index (χ1v) is 12.6. The number of phenols is 1.